The number of ether oxygens (including phenoxy) is 2. The van der Waals surface area contributed by atoms with E-state index in [1.807, 2.05) is 119 Å². The van der Waals surface area contributed by atoms with Gasteiger partial charge in [-0.2, -0.15) is 8.42 Å². The molecular weight excluding hydrogens is 1060 g/mol. The first-order valence-electron chi connectivity index (χ1n) is 23.7. The summed E-state index contributed by atoms with van der Waals surface area (Å²) in [5.41, 5.74) is 8.37. The molecule has 0 saturated carbocycles. The van der Waals surface area contributed by atoms with Gasteiger partial charge in [0.15, 0.2) is 0 Å². The highest BCUT2D eigenvalue weighted by Gasteiger charge is 2.19. The van der Waals surface area contributed by atoms with Crippen molar-refractivity contribution in [3.63, 3.8) is 0 Å². The van der Waals surface area contributed by atoms with Crippen LogP contribution in [0.3, 0.4) is 0 Å². The van der Waals surface area contributed by atoms with Crippen LogP contribution in [0.15, 0.2) is 153 Å². The Bertz CT molecular complexity index is 3560. The minimum absolute atomic E-state index is 0.0654. The number of aryl methyl sites for hydroxylation is 4. The number of benzene rings is 4. The van der Waals surface area contributed by atoms with Gasteiger partial charge in [-0.25, -0.2) is 34.3 Å². The molecule has 0 fully saturated rings. The summed E-state index contributed by atoms with van der Waals surface area (Å²) >= 11 is 3.15. The lowest BCUT2D eigenvalue weighted by molar-refractivity contribution is 0.221. The van der Waals surface area contributed by atoms with E-state index < -0.39 is 16.8 Å². The van der Waals surface area contributed by atoms with Gasteiger partial charge in [0.1, 0.15) is 80.2 Å². The van der Waals surface area contributed by atoms with E-state index in [4.69, 9.17) is 26.9 Å². The lowest BCUT2D eigenvalue weighted by atomic mass is 10.2. The Morgan fingerprint density at radius 3 is 1.26 bits per heavy atom. The highest BCUT2D eigenvalue weighted by molar-refractivity contribution is 9.09. The van der Waals surface area contributed by atoms with Crippen molar-refractivity contribution in [2.24, 2.45) is 0 Å². The molecule has 396 valence electrons. The van der Waals surface area contributed by atoms with Crippen LogP contribution < -0.4 is 24.2 Å². The number of halogens is 2. The molecule has 0 aliphatic carbocycles. The van der Waals surface area contributed by atoms with Crippen LogP contribution in [0, 0.1) is 27.7 Å². The number of fused-ring (bicyclic) bond motifs is 3. The minimum Gasteiger partial charge on any atom is -0.508 e. The third kappa shape index (κ3) is 13.6. The molecule has 0 aliphatic rings. The molecule has 10 rings (SSSR count). The molecule has 0 aliphatic heterocycles. The molecule has 1 N–H and O–H groups in total. The topological polar surface area (TPSA) is 209 Å². The fourth-order valence-corrected chi connectivity index (χ4v) is 8.46. The maximum atomic E-state index is 12.2. The molecule has 10 aromatic rings. The smallest absolute Gasteiger partial charge is 0.297 e. The molecule has 6 aromatic heterocycles. The highest BCUT2D eigenvalue weighted by atomic mass is 79.9. The summed E-state index contributed by atoms with van der Waals surface area (Å²) < 4.78 is 68.7. The van der Waals surface area contributed by atoms with Crippen molar-refractivity contribution in [2.75, 3.05) is 67.7 Å². The lowest BCUT2D eigenvalue weighted by Crippen LogP contribution is -2.13. The molecule has 0 saturated heterocycles. The Morgan fingerprint density at radius 2 is 0.895 bits per heavy atom. The standard InChI is InChI=1S/C23H23N3O5S.C16H16FN3O2.C14H13N3O2.C2H5Br/c1-16-4-10-20(11-5-16)32(27,28)31-13-12-29-19-8-6-18(7-9-19)26(3)22-21-17(2)14-30-23(21)25-15-24-22;1-11-9-22-16-14(11)15(18-10-19-16)20(2)12-3-5-13(6-4-12)21-8-7-17;1-9-7-19-14-12(9)13(15-8-16-14)17(2)10-3-5-11(18)6-4-10;1-2-3/h4-11,14-15H,12-13H2,1-3H3;3-6,9-10H,7-8H2,1-2H3;3-8,18H,1-2H3;2H2,1H3/i;17-1;;. The van der Waals surface area contributed by atoms with Gasteiger partial charge in [0.25, 0.3) is 10.1 Å². The predicted molar refractivity (Wildman–Crippen MR) is 296 cm³/mol. The van der Waals surface area contributed by atoms with E-state index in [-0.39, 0.29) is 30.5 Å². The first-order valence-corrected chi connectivity index (χ1v) is 26.3. The van der Waals surface area contributed by atoms with E-state index in [0.29, 0.717) is 28.6 Å². The van der Waals surface area contributed by atoms with E-state index in [0.717, 1.165) is 78.3 Å². The Kier molecular flexibility index (Phi) is 18.9. The SMILES string of the molecule is CCBr.Cc1ccc(S(=O)(=O)OCCOc2ccc(N(C)c3ncnc4occ(C)c34)cc2)cc1.Cc1coc2ncnc(N(C)c3ccc(O)cc3)c12.Cc1coc2ncnc(N(C)c3ccc(OCC[18F])cc3)c12. The van der Waals surface area contributed by atoms with Crippen LogP contribution >= 0.6 is 15.9 Å². The third-order valence-corrected chi connectivity index (χ3v) is 12.8. The zero-order valence-corrected chi connectivity index (χ0v) is 45.5. The molecular formula is C55H57BrFN9O9S. The molecule has 4 aromatic carbocycles. The predicted octanol–water partition coefficient (Wildman–Crippen LogP) is 12.4. The number of aromatic nitrogens is 6. The zero-order chi connectivity index (χ0) is 54.4. The second-order valence-corrected chi connectivity index (χ2v) is 19.5. The van der Waals surface area contributed by atoms with Crippen LogP contribution in [0.25, 0.3) is 33.3 Å². The van der Waals surface area contributed by atoms with E-state index in [2.05, 4.69) is 45.8 Å². The fourth-order valence-electron chi connectivity index (χ4n) is 7.57. The van der Waals surface area contributed by atoms with Crippen LogP contribution in [0.2, 0.25) is 0 Å². The van der Waals surface area contributed by atoms with Crippen LogP contribution in [-0.4, -0.2) is 96.4 Å². The molecule has 76 heavy (non-hydrogen) atoms. The molecule has 0 spiro atoms. The van der Waals surface area contributed by atoms with E-state index in [9.17, 15) is 17.9 Å². The molecule has 6 heterocycles. The molecule has 21 heteroatoms. The summed E-state index contributed by atoms with van der Waals surface area (Å²) in [6, 6.07) is 28.3. The van der Waals surface area contributed by atoms with Crippen molar-refractivity contribution in [1.29, 1.82) is 0 Å². The minimum atomic E-state index is -3.80. The number of hydrogen-bond acceptors (Lipinski definition) is 18. The summed E-state index contributed by atoms with van der Waals surface area (Å²) in [4.78, 5) is 31.4. The Labute approximate surface area is 448 Å². The van der Waals surface area contributed by atoms with Crippen molar-refractivity contribution in [3.05, 3.63) is 157 Å². The number of rotatable bonds is 15. The maximum absolute atomic E-state index is 12.2. The number of anilines is 6. The zero-order valence-electron chi connectivity index (χ0n) is 43.1. The van der Waals surface area contributed by atoms with Crippen LogP contribution in [0.4, 0.5) is 38.9 Å². The van der Waals surface area contributed by atoms with Crippen molar-refractivity contribution in [1.82, 2.24) is 29.9 Å². The van der Waals surface area contributed by atoms with Gasteiger partial charge < -0.3 is 42.5 Å². The van der Waals surface area contributed by atoms with Crippen molar-refractivity contribution in [3.8, 4) is 17.2 Å². The van der Waals surface area contributed by atoms with Gasteiger partial charge >= 0.3 is 0 Å². The van der Waals surface area contributed by atoms with Crippen LogP contribution in [0.1, 0.15) is 29.2 Å². The van der Waals surface area contributed by atoms with Gasteiger partial charge in [0.05, 0.1) is 39.8 Å². The second-order valence-electron chi connectivity index (χ2n) is 16.8. The van der Waals surface area contributed by atoms with E-state index >= 15 is 0 Å². The summed E-state index contributed by atoms with van der Waals surface area (Å²) in [7, 11) is 1.95. The van der Waals surface area contributed by atoms with E-state index in [1.165, 1.54) is 31.1 Å². The Hall–Kier alpha value is -8.14. The molecule has 0 amide bonds. The van der Waals surface area contributed by atoms with Gasteiger partial charge in [-0.15, -0.1) is 0 Å². The van der Waals surface area contributed by atoms with Crippen LogP contribution in [-0.2, 0) is 14.3 Å². The van der Waals surface area contributed by atoms with Crippen LogP contribution in [0.5, 0.6) is 17.2 Å². The average Bonchev–Trinajstić information content (AvgIpc) is 4.16. The Balaban J connectivity index is 0.000000168. The number of aromatic hydroxyl groups is 1. The van der Waals surface area contributed by atoms with Gasteiger partial charge in [-0.05, 0) is 113 Å². The Morgan fingerprint density at radius 1 is 0.539 bits per heavy atom. The van der Waals surface area contributed by atoms with Crippen molar-refractivity contribution >= 4 is 93.9 Å². The number of alkyl halides is 2. The number of hydrogen-bond donors (Lipinski definition) is 1. The summed E-state index contributed by atoms with van der Waals surface area (Å²) in [5.74, 6) is 3.78. The number of furan rings is 3. The maximum Gasteiger partial charge on any atom is 0.297 e. The second kappa shape index (κ2) is 25.9. The quantitative estimate of drug-likeness (QED) is 0.0575. The molecule has 0 unspecified atom stereocenters. The lowest BCUT2D eigenvalue weighted by Gasteiger charge is -2.19. The summed E-state index contributed by atoms with van der Waals surface area (Å²) in [6.07, 6.45) is 9.44. The van der Waals surface area contributed by atoms with Gasteiger partial charge in [-0.3, -0.25) is 4.18 Å². The molecule has 0 atom stereocenters. The third-order valence-electron chi connectivity index (χ3n) is 11.5. The largest absolute Gasteiger partial charge is 0.508 e. The molecule has 18 nitrogen and oxygen atoms in total. The van der Waals surface area contributed by atoms with Gasteiger partial charge in [-0.1, -0.05) is 40.5 Å². The van der Waals surface area contributed by atoms with Crippen molar-refractivity contribution in [2.45, 2.75) is 39.5 Å². The van der Waals surface area contributed by atoms with E-state index in [1.54, 1.807) is 55.2 Å². The van der Waals surface area contributed by atoms with Gasteiger partial charge in [0, 0.05) is 60.2 Å². The summed E-state index contributed by atoms with van der Waals surface area (Å²) in [5, 5.41) is 13.1. The number of phenols is 1. The van der Waals surface area contributed by atoms with Crippen molar-refractivity contribution < 1.29 is 44.8 Å². The number of nitrogens with zero attached hydrogens (tertiary/aromatic N) is 9. The summed E-state index contributed by atoms with van der Waals surface area (Å²) in [6.45, 7) is 9.38. The molecule has 0 radical (unpaired) electrons. The average molecular weight is 1120 g/mol. The van der Waals surface area contributed by atoms with Gasteiger partial charge in [0.2, 0.25) is 17.1 Å². The first-order chi connectivity index (χ1) is 36.6. The number of phenolic OH excluding ortho intramolecular Hbond substituents is 1. The first kappa shape index (κ1) is 55.6. The highest BCUT2D eigenvalue weighted by Crippen LogP contribution is 2.35. The monoisotopic (exact) mass is 1120 g/mol. The molecule has 0 bridgehead atoms. The normalized spacial score (nSPS) is 11.0. The fraction of sp³-hybridized carbons (Fsp3) is 0.236.